The third-order valence-corrected chi connectivity index (χ3v) is 8.70. The molecular weight excluding hydrogens is 526 g/mol. The summed E-state index contributed by atoms with van der Waals surface area (Å²) in [6, 6.07) is 7.90. The Kier molecular flexibility index (Phi) is 7.40. The smallest absolute Gasteiger partial charge is 0.338 e. The lowest BCUT2D eigenvalue weighted by atomic mass is 9.81. The second-order valence-corrected chi connectivity index (χ2v) is 11.6. The number of Topliss-reactive ketones (excluding diaryl/α,β-unsaturated/α-hetero) is 2. The number of methoxy groups -OCH3 is 2. The summed E-state index contributed by atoms with van der Waals surface area (Å²) in [7, 11) is 2.84. The number of hydrogen-bond donors (Lipinski definition) is 0. The van der Waals surface area contributed by atoms with Gasteiger partial charge in [-0.05, 0) is 66.0 Å². The summed E-state index contributed by atoms with van der Waals surface area (Å²) in [4.78, 5) is 53.1. The highest BCUT2D eigenvalue weighted by Crippen LogP contribution is 2.54. The van der Waals surface area contributed by atoms with Crippen LogP contribution in [0.25, 0.3) is 11.1 Å². The van der Waals surface area contributed by atoms with Gasteiger partial charge in [0, 0.05) is 59.7 Å². The molecule has 0 N–H and O–H groups in total. The molecule has 9 heteroatoms. The van der Waals surface area contributed by atoms with Gasteiger partial charge in [-0.15, -0.1) is 11.3 Å². The van der Waals surface area contributed by atoms with Crippen LogP contribution in [-0.2, 0) is 27.1 Å². The van der Waals surface area contributed by atoms with Crippen molar-refractivity contribution < 1.29 is 23.9 Å². The molecule has 2 aliphatic rings. The molecule has 2 aromatic heterocycles. The number of rotatable bonds is 8. The van der Waals surface area contributed by atoms with E-state index in [9.17, 15) is 19.2 Å². The highest BCUT2D eigenvalue weighted by atomic mass is 35.5. The Morgan fingerprint density at radius 2 is 1.87 bits per heavy atom. The van der Waals surface area contributed by atoms with Crippen LogP contribution in [0.15, 0.2) is 46.7 Å². The Balaban J connectivity index is 1.55. The number of thiophene rings is 1. The maximum Gasteiger partial charge on any atom is 0.338 e. The number of fused-ring (bicyclic) bond motifs is 3. The van der Waals surface area contributed by atoms with Crippen LogP contribution < -0.4 is 5.56 Å². The molecule has 3 aromatic rings. The van der Waals surface area contributed by atoms with E-state index < -0.39 is 12.0 Å². The molecule has 7 nitrogen and oxygen atoms in total. The molecule has 0 amide bonds. The molecule has 198 valence electrons. The largest absolute Gasteiger partial charge is 0.465 e. The second kappa shape index (κ2) is 10.6. The van der Waals surface area contributed by atoms with Crippen molar-refractivity contribution in [1.82, 2.24) is 4.57 Å². The Morgan fingerprint density at radius 3 is 2.58 bits per heavy atom. The molecule has 1 fully saturated rings. The van der Waals surface area contributed by atoms with Gasteiger partial charge in [-0.25, -0.2) is 4.79 Å². The number of halogens is 1. The summed E-state index contributed by atoms with van der Waals surface area (Å²) in [5.74, 6) is -0.709. The Hall–Kier alpha value is -3.07. The van der Waals surface area contributed by atoms with Crippen molar-refractivity contribution in [2.75, 3.05) is 20.8 Å². The fourth-order valence-corrected chi connectivity index (χ4v) is 6.33. The molecule has 1 aromatic carbocycles. The molecule has 0 radical (unpaired) electrons. The van der Waals surface area contributed by atoms with E-state index in [0.717, 1.165) is 30.4 Å². The highest BCUT2D eigenvalue weighted by molar-refractivity contribution is 7.10. The quantitative estimate of drug-likeness (QED) is 0.351. The first kappa shape index (κ1) is 26.5. The summed E-state index contributed by atoms with van der Waals surface area (Å²) in [6.07, 6.45) is 5.01. The zero-order chi connectivity index (χ0) is 27.0. The SMILES string of the molecule is COCCC(C(=O)Cc1cc(C(=O)OC)cs1)n1cc2c(cc1=O)-c1cc(Cl)ccc1CC1(CC1)CC2=O. The minimum absolute atomic E-state index is 0.0317. The minimum atomic E-state index is -0.830. The molecule has 5 rings (SSSR count). The van der Waals surface area contributed by atoms with Gasteiger partial charge < -0.3 is 14.0 Å². The van der Waals surface area contributed by atoms with Gasteiger partial charge in [0.25, 0.3) is 5.56 Å². The van der Waals surface area contributed by atoms with Crippen molar-refractivity contribution in [1.29, 1.82) is 0 Å². The van der Waals surface area contributed by atoms with Crippen molar-refractivity contribution in [3.63, 3.8) is 0 Å². The molecule has 0 aliphatic heterocycles. The van der Waals surface area contributed by atoms with Crippen LogP contribution in [-0.4, -0.2) is 42.9 Å². The number of hydrogen-bond acceptors (Lipinski definition) is 7. The van der Waals surface area contributed by atoms with Crippen molar-refractivity contribution in [2.45, 2.75) is 44.6 Å². The Labute approximate surface area is 229 Å². The van der Waals surface area contributed by atoms with E-state index in [0.29, 0.717) is 33.0 Å². The normalized spacial score (nSPS) is 16.2. The molecule has 1 unspecified atom stereocenters. The molecule has 2 heterocycles. The fourth-order valence-electron chi connectivity index (χ4n) is 5.30. The third kappa shape index (κ3) is 5.25. The van der Waals surface area contributed by atoms with Gasteiger partial charge >= 0.3 is 5.97 Å². The predicted molar refractivity (Wildman–Crippen MR) is 145 cm³/mol. The molecule has 1 spiro atoms. The van der Waals surface area contributed by atoms with Crippen LogP contribution in [0.4, 0.5) is 0 Å². The standard InChI is InChI=1S/C29H28ClNO6S/c1-36-8-5-24(25(32)11-20-9-18(16-38-20)28(35)37-2)31-15-23-22(12-27(31)34)21-10-19(30)4-3-17(21)13-29(6-7-29)14-26(23)33/h3-4,9-10,12,15-16,24H,5-8,11,13-14H2,1-2H3. The second-order valence-electron chi connectivity index (χ2n) is 10.2. The van der Waals surface area contributed by atoms with Crippen molar-refractivity contribution in [3.8, 4) is 11.1 Å². The molecule has 0 saturated heterocycles. The first-order valence-corrected chi connectivity index (χ1v) is 13.7. The number of pyridine rings is 1. The van der Waals surface area contributed by atoms with Crippen molar-refractivity contribution in [2.24, 2.45) is 5.41 Å². The lowest BCUT2D eigenvalue weighted by Gasteiger charge is -2.25. The van der Waals surface area contributed by atoms with E-state index in [2.05, 4.69) is 0 Å². The number of benzene rings is 1. The molecule has 0 bridgehead atoms. The number of ether oxygens (including phenoxy) is 2. The molecule has 2 aliphatic carbocycles. The summed E-state index contributed by atoms with van der Waals surface area (Å²) in [5, 5.41) is 2.18. The fraction of sp³-hybridized carbons (Fsp3) is 0.379. The van der Waals surface area contributed by atoms with E-state index in [4.69, 9.17) is 21.1 Å². The number of carbonyl (C=O) groups is 3. The van der Waals surface area contributed by atoms with Crippen molar-refractivity contribution >= 4 is 40.5 Å². The van der Waals surface area contributed by atoms with Gasteiger partial charge in [-0.3, -0.25) is 14.4 Å². The lowest BCUT2D eigenvalue weighted by molar-refractivity contribution is -0.122. The van der Waals surface area contributed by atoms with Crippen LogP contribution in [0.1, 0.15) is 62.9 Å². The van der Waals surface area contributed by atoms with Crippen LogP contribution in [0.3, 0.4) is 0 Å². The molecule has 1 atom stereocenters. The maximum absolute atomic E-state index is 13.6. The van der Waals surface area contributed by atoms with Crippen LogP contribution >= 0.6 is 22.9 Å². The third-order valence-electron chi connectivity index (χ3n) is 7.53. The van der Waals surface area contributed by atoms with Gasteiger partial charge in [0.2, 0.25) is 0 Å². The first-order valence-electron chi connectivity index (χ1n) is 12.5. The van der Waals surface area contributed by atoms with Gasteiger partial charge in [0.15, 0.2) is 11.6 Å². The van der Waals surface area contributed by atoms with Crippen LogP contribution in [0.5, 0.6) is 0 Å². The minimum Gasteiger partial charge on any atom is -0.465 e. The Bertz CT molecular complexity index is 1480. The van der Waals surface area contributed by atoms with E-state index in [1.165, 1.54) is 36.2 Å². The van der Waals surface area contributed by atoms with E-state index in [1.807, 2.05) is 18.2 Å². The monoisotopic (exact) mass is 553 g/mol. The topological polar surface area (TPSA) is 91.7 Å². The highest BCUT2D eigenvalue weighted by Gasteiger charge is 2.46. The van der Waals surface area contributed by atoms with Gasteiger partial charge in [-0.1, -0.05) is 17.7 Å². The summed E-state index contributed by atoms with van der Waals surface area (Å²) in [6.45, 7) is 0.257. The van der Waals surface area contributed by atoms with Crippen LogP contribution in [0, 0.1) is 5.41 Å². The van der Waals surface area contributed by atoms with E-state index >= 15 is 0 Å². The number of esters is 1. The van der Waals surface area contributed by atoms with E-state index in [-0.39, 0.29) is 42.0 Å². The number of nitrogens with zero attached hydrogens (tertiary/aromatic N) is 1. The van der Waals surface area contributed by atoms with Gasteiger partial charge in [0.05, 0.1) is 18.7 Å². The number of carbonyl (C=O) groups excluding carboxylic acids is 3. The molecular formula is C29H28ClNO6S. The predicted octanol–water partition coefficient (Wildman–Crippen LogP) is 5.32. The zero-order valence-corrected chi connectivity index (χ0v) is 22.8. The van der Waals surface area contributed by atoms with Crippen LogP contribution in [0.2, 0.25) is 5.02 Å². The molecule has 1 saturated carbocycles. The summed E-state index contributed by atoms with van der Waals surface area (Å²) < 4.78 is 11.4. The average Bonchev–Trinajstić information content (AvgIpc) is 3.48. The summed E-state index contributed by atoms with van der Waals surface area (Å²) in [5.41, 5.74) is 2.80. The average molecular weight is 554 g/mol. The number of aromatic nitrogens is 1. The van der Waals surface area contributed by atoms with Gasteiger partial charge in [-0.2, -0.15) is 0 Å². The lowest BCUT2D eigenvalue weighted by Crippen LogP contribution is -2.32. The maximum atomic E-state index is 13.6. The van der Waals surface area contributed by atoms with E-state index in [1.54, 1.807) is 17.6 Å². The Morgan fingerprint density at radius 1 is 1.08 bits per heavy atom. The first-order chi connectivity index (χ1) is 18.2. The van der Waals surface area contributed by atoms with Gasteiger partial charge in [0.1, 0.15) is 0 Å². The zero-order valence-electron chi connectivity index (χ0n) is 21.3. The molecule has 38 heavy (non-hydrogen) atoms. The number of ketones is 2. The van der Waals surface area contributed by atoms with Crippen molar-refractivity contribution in [3.05, 3.63) is 78.9 Å². The summed E-state index contributed by atoms with van der Waals surface area (Å²) >= 11 is 7.62.